The highest BCUT2D eigenvalue weighted by molar-refractivity contribution is 5.85. The summed E-state index contributed by atoms with van der Waals surface area (Å²) in [4.78, 5) is 0. The van der Waals surface area contributed by atoms with Crippen LogP contribution in [0.2, 0.25) is 0 Å². The lowest BCUT2D eigenvalue weighted by Gasteiger charge is -1.93. The first-order valence-electron chi connectivity index (χ1n) is 2.57. The van der Waals surface area contributed by atoms with Crippen LogP contribution in [-0.4, -0.2) is 7.05 Å². The summed E-state index contributed by atoms with van der Waals surface area (Å²) in [5.41, 5.74) is 1.13. The van der Waals surface area contributed by atoms with Gasteiger partial charge < -0.3 is 5.32 Å². The van der Waals surface area contributed by atoms with Crippen molar-refractivity contribution >= 4 is 18.1 Å². The van der Waals surface area contributed by atoms with Gasteiger partial charge in [-0.25, -0.2) is 0 Å². The minimum atomic E-state index is 0. The molecule has 0 aromatic heterocycles. The first-order chi connectivity index (χ1) is 3.93. The monoisotopic (exact) mass is 142 g/mol. The molecule has 0 heterocycles. The number of anilines is 1. The molecule has 0 unspecified atom stereocenters. The average molecular weight is 143 g/mol. The van der Waals surface area contributed by atoms with Crippen LogP contribution in [0.5, 0.6) is 0 Å². The third-order valence-electron chi connectivity index (χ3n) is 1.01. The Bertz CT molecular complexity index is 150. The van der Waals surface area contributed by atoms with E-state index in [0.717, 1.165) is 5.69 Å². The quantitative estimate of drug-likeness (QED) is 0.632. The second-order valence-corrected chi connectivity index (χ2v) is 1.54. The fourth-order valence-corrected chi connectivity index (χ4v) is 0.554. The predicted octanol–water partition coefficient (Wildman–Crippen LogP) is 1.95. The largest absolute Gasteiger partial charge is 0.388 e. The summed E-state index contributed by atoms with van der Waals surface area (Å²) in [6.07, 6.45) is 0. The molecule has 0 aliphatic rings. The van der Waals surface area contributed by atoms with Crippen LogP contribution in [0.1, 0.15) is 0 Å². The third-order valence-corrected chi connectivity index (χ3v) is 1.01. The molecule has 0 aliphatic heterocycles. The zero-order chi connectivity index (χ0) is 5.82. The van der Waals surface area contributed by atoms with E-state index in [9.17, 15) is 0 Å². The smallest absolute Gasteiger partial charge is 0.0337 e. The lowest BCUT2D eigenvalue weighted by Crippen LogP contribution is -1.84. The standard InChI is InChI=1S/C7H8N.ClH/c1-8-7-5-3-2-4-6-7;/h3-6,8H,1H3;1H. The fourth-order valence-electron chi connectivity index (χ4n) is 0.554. The highest BCUT2D eigenvalue weighted by atomic mass is 35.5. The number of nitrogens with one attached hydrogen (secondary N) is 1. The molecule has 1 aromatic rings. The van der Waals surface area contributed by atoms with Gasteiger partial charge in [-0.2, -0.15) is 0 Å². The maximum Gasteiger partial charge on any atom is 0.0337 e. The van der Waals surface area contributed by atoms with E-state index in [0.29, 0.717) is 0 Å². The zero-order valence-electron chi connectivity index (χ0n) is 5.22. The van der Waals surface area contributed by atoms with Gasteiger partial charge in [0.2, 0.25) is 0 Å². The molecule has 1 N–H and O–H groups in total. The summed E-state index contributed by atoms with van der Waals surface area (Å²) in [7, 11) is 1.90. The molecule has 1 aromatic carbocycles. The number of rotatable bonds is 1. The van der Waals surface area contributed by atoms with Crippen molar-refractivity contribution in [2.45, 2.75) is 0 Å². The molecule has 0 amide bonds. The van der Waals surface area contributed by atoms with Crippen LogP contribution in [0.15, 0.2) is 24.3 Å². The van der Waals surface area contributed by atoms with E-state index in [1.165, 1.54) is 0 Å². The maximum absolute atomic E-state index is 3.01. The number of hydrogen-bond donors (Lipinski definition) is 1. The van der Waals surface area contributed by atoms with E-state index in [1.54, 1.807) is 0 Å². The van der Waals surface area contributed by atoms with Crippen molar-refractivity contribution in [1.29, 1.82) is 0 Å². The van der Waals surface area contributed by atoms with Crippen LogP contribution in [0.3, 0.4) is 0 Å². The van der Waals surface area contributed by atoms with E-state index in [2.05, 4.69) is 11.4 Å². The molecular formula is C7H9ClN. The molecule has 0 fully saturated rings. The van der Waals surface area contributed by atoms with Crippen LogP contribution in [0, 0.1) is 6.07 Å². The van der Waals surface area contributed by atoms with E-state index >= 15 is 0 Å². The van der Waals surface area contributed by atoms with Gasteiger partial charge in [0.15, 0.2) is 0 Å². The van der Waals surface area contributed by atoms with Gasteiger partial charge in [0.05, 0.1) is 0 Å². The molecule has 0 bridgehead atoms. The van der Waals surface area contributed by atoms with Crippen molar-refractivity contribution in [3.63, 3.8) is 0 Å². The van der Waals surface area contributed by atoms with Crippen molar-refractivity contribution in [2.75, 3.05) is 12.4 Å². The Balaban J connectivity index is 0.000000640. The molecule has 0 saturated heterocycles. The van der Waals surface area contributed by atoms with Gasteiger partial charge >= 0.3 is 0 Å². The van der Waals surface area contributed by atoms with E-state index in [-0.39, 0.29) is 12.4 Å². The number of benzene rings is 1. The van der Waals surface area contributed by atoms with Crippen LogP contribution < -0.4 is 5.32 Å². The highest BCUT2D eigenvalue weighted by Crippen LogP contribution is 2.01. The molecule has 1 nitrogen and oxygen atoms in total. The van der Waals surface area contributed by atoms with Crippen LogP contribution in [-0.2, 0) is 0 Å². The molecule has 0 saturated carbocycles. The van der Waals surface area contributed by atoms with Gasteiger partial charge in [0.25, 0.3) is 0 Å². The summed E-state index contributed by atoms with van der Waals surface area (Å²) in [6.45, 7) is 0. The van der Waals surface area contributed by atoms with Gasteiger partial charge in [0.1, 0.15) is 0 Å². The van der Waals surface area contributed by atoms with Crippen molar-refractivity contribution in [1.82, 2.24) is 0 Å². The number of hydrogen-bond acceptors (Lipinski definition) is 1. The number of halogens is 1. The van der Waals surface area contributed by atoms with Crippen LogP contribution >= 0.6 is 12.4 Å². The van der Waals surface area contributed by atoms with Gasteiger partial charge in [-0.1, -0.05) is 12.1 Å². The SMILES string of the molecule is CNc1cc[c]cc1.Cl. The first kappa shape index (κ1) is 8.31. The van der Waals surface area contributed by atoms with Crippen LogP contribution in [0.25, 0.3) is 0 Å². The van der Waals surface area contributed by atoms with Gasteiger partial charge in [-0.15, -0.1) is 12.4 Å². The molecule has 1 radical (unpaired) electrons. The van der Waals surface area contributed by atoms with Crippen molar-refractivity contribution in [2.24, 2.45) is 0 Å². The van der Waals surface area contributed by atoms with Crippen molar-refractivity contribution in [3.8, 4) is 0 Å². The van der Waals surface area contributed by atoms with Gasteiger partial charge in [-0.3, -0.25) is 0 Å². The molecular weight excluding hydrogens is 134 g/mol. The summed E-state index contributed by atoms with van der Waals surface area (Å²) in [5.74, 6) is 0. The average Bonchev–Trinajstić information content (AvgIpc) is 1.90. The minimum Gasteiger partial charge on any atom is -0.388 e. The van der Waals surface area contributed by atoms with Gasteiger partial charge in [-0.05, 0) is 18.2 Å². The highest BCUT2D eigenvalue weighted by Gasteiger charge is 1.78. The van der Waals surface area contributed by atoms with E-state index in [4.69, 9.17) is 0 Å². The molecule has 0 atom stereocenters. The normalized spacial score (nSPS) is 7.67. The van der Waals surface area contributed by atoms with Gasteiger partial charge in [0, 0.05) is 12.7 Å². The Hall–Kier alpha value is -0.690. The molecule has 0 aliphatic carbocycles. The lowest BCUT2D eigenvalue weighted by atomic mass is 10.3. The third kappa shape index (κ3) is 2.38. The van der Waals surface area contributed by atoms with E-state index < -0.39 is 0 Å². The van der Waals surface area contributed by atoms with E-state index in [1.807, 2.05) is 31.3 Å². The minimum absolute atomic E-state index is 0. The maximum atomic E-state index is 3.01. The predicted molar refractivity (Wildman–Crippen MR) is 42.1 cm³/mol. The van der Waals surface area contributed by atoms with Crippen molar-refractivity contribution in [3.05, 3.63) is 30.3 Å². The lowest BCUT2D eigenvalue weighted by molar-refractivity contribution is 1.51. The first-order valence-corrected chi connectivity index (χ1v) is 2.57. The second kappa shape index (κ2) is 4.21. The van der Waals surface area contributed by atoms with Crippen molar-refractivity contribution < 1.29 is 0 Å². The molecule has 0 spiro atoms. The molecule has 2 heteroatoms. The Kier molecular flexibility index (Phi) is 3.89. The molecule has 1 rings (SSSR count). The Morgan fingerprint density at radius 2 is 1.89 bits per heavy atom. The fraction of sp³-hybridized carbons (Fsp3) is 0.143. The summed E-state index contributed by atoms with van der Waals surface area (Å²) in [5, 5.41) is 3.01. The molecule has 49 valence electrons. The zero-order valence-corrected chi connectivity index (χ0v) is 6.03. The Labute approximate surface area is 61.5 Å². The molecule has 9 heavy (non-hydrogen) atoms. The Morgan fingerprint density at radius 1 is 1.33 bits per heavy atom. The summed E-state index contributed by atoms with van der Waals surface area (Å²) >= 11 is 0. The summed E-state index contributed by atoms with van der Waals surface area (Å²) < 4.78 is 0. The topological polar surface area (TPSA) is 12.0 Å². The Morgan fingerprint density at radius 3 is 2.22 bits per heavy atom. The van der Waals surface area contributed by atoms with Crippen LogP contribution in [0.4, 0.5) is 5.69 Å². The second-order valence-electron chi connectivity index (χ2n) is 1.54. The summed E-state index contributed by atoms with van der Waals surface area (Å²) in [6, 6.07) is 10.6.